The lowest BCUT2D eigenvalue weighted by Gasteiger charge is -2.19. The quantitative estimate of drug-likeness (QED) is 0.257. The largest absolute Gasteiger partial charge is 0.381 e. The highest BCUT2D eigenvalue weighted by molar-refractivity contribution is 7.10. The van der Waals surface area contributed by atoms with Crippen LogP contribution in [-0.2, 0) is 9.53 Å². The van der Waals surface area contributed by atoms with Gasteiger partial charge in [-0.25, -0.2) is 19.9 Å². The molecule has 0 aliphatic carbocycles. The van der Waals surface area contributed by atoms with Gasteiger partial charge in [0.2, 0.25) is 6.41 Å². The van der Waals surface area contributed by atoms with E-state index in [-0.39, 0.29) is 0 Å². The number of nitrogens with zero attached hydrogens (tertiary/aromatic N) is 4. The number of anilines is 2. The van der Waals surface area contributed by atoms with Gasteiger partial charge in [0, 0.05) is 59.9 Å². The lowest BCUT2D eigenvalue weighted by Crippen LogP contribution is -2.13. The zero-order chi connectivity index (χ0) is 26.7. The van der Waals surface area contributed by atoms with Gasteiger partial charge in [0.15, 0.2) is 0 Å². The predicted octanol–water partition coefficient (Wildman–Crippen LogP) is 6.35. The molecule has 9 heteroatoms. The van der Waals surface area contributed by atoms with Crippen molar-refractivity contribution in [2.75, 3.05) is 18.5 Å². The van der Waals surface area contributed by atoms with Gasteiger partial charge in [-0.3, -0.25) is 4.79 Å². The highest BCUT2D eigenvalue weighted by Crippen LogP contribution is 2.33. The SMILES string of the molecule is CC.Cc1c(/C=C\NC=O)cc(-c2cncnc2)nc1Nc1ccc(-c2csc(C3CCOCC3)n2)cc1. The zero-order valence-corrected chi connectivity index (χ0v) is 22.7. The molecule has 4 heterocycles. The Balaban J connectivity index is 0.00000164. The van der Waals surface area contributed by atoms with Gasteiger partial charge in [-0.05, 0) is 55.2 Å². The third-order valence-electron chi connectivity index (χ3n) is 6.13. The molecule has 0 spiro atoms. The number of ether oxygens (including phenoxy) is 1. The average molecular weight is 529 g/mol. The maximum atomic E-state index is 10.7. The molecular formula is C29H32N6O2S. The van der Waals surface area contributed by atoms with Crippen molar-refractivity contribution in [3.8, 4) is 22.5 Å². The van der Waals surface area contributed by atoms with Crippen LogP contribution in [0.1, 0.15) is 48.7 Å². The Kier molecular flexibility index (Phi) is 9.66. The molecule has 0 atom stereocenters. The number of benzene rings is 1. The molecule has 0 radical (unpaired) electrons. The first-order valence-corrected chi connectivity index (χ1v) is 13.6. The van der Waals surface area contributed by atoms with Gasteiger partial charge in [-0.2, -0.15) is 0 Å². The Hall–Kier alpha value is -3.95. The van der Waals surface area contributed by atoms with Crippen LogP contribution in [0.4, 0.5) is 11.5 Å². The fraction of sp³-hybridized carbons (Fsp3) is 0.276. The number of hydrogen-bond acceptors (Lipinski definition) is 8. The molecule has 8 nitrogen and oxygen atoms in total. The number of thiazole rings is 1. The number of pyridine rings is 1. The Morgan fingerprint density at radius 2 is 1.74 bits per heavy atom. The van der Waals surface area contributed by atoms with Crippen molar-refractivity contribution in [1.29, 1.82) is 0 Å². The molecule has 2 N–H and O–H groups in total. The highest BCUT2D eigenvalue weighted by Gasteiger charge is 2.19. The Morgan fingerprint density at radius 3 is 2.45 bits per heavy atom. The Morgan fingerprint density at radius 1 is 1.00 bits per heavy atom. The minimum Gasteiger partial charge on any atom is -0.381 e. The van der Waals surface area contributed by atoms with Crippen molar-refractivity contribution >= 4 is 35.3 Å². The van der Waals surface area contributed by atoms with Gasteiger partial charge in [-0.15, -0.1) is 11.3 Å². The fourth-order valence-corrected chi connectivity index (χ4v) is 5.09. The van der Waals surface area contributed by atoms with E-state index >= 15 is 0 Å². The van der Waals surface area contributed by atoms with Crippen molar-refractivity contribution in [2.45, 2.75) is 39.5 Å². The van der Waals surface area contributed by atoms with Crippen LogP contribution in [-0.4, -0.2) is 39.6 Å². The molecule has 5 rings (SSSR count). The summed E-state index contributed by atoms with van der Waals surface area (Å²) in [6.45, 7) is 7.62. The van der Waals surface area contributed by atoms with Crippen LogP contribution in [0.3, 0.4) is 0 Å². The van der Waals surface area contributed by atoms with E-state index in [4.69, 9.17) is 14.7 Å². The summed E-state index contributed by atoms with van der Waals surface area (Å²) in [5, 5.41) is 9.33. The van der Waals surface area contributed by atoms with Gasteiger partial charge in [0.1, 0.15) is 12.1 Å². The second-order valence-electron chi connectivity index (χ2n) is 8.48. The van der Waals surface area contributed by atoms with Crippen molar-refractivity contribution in [3.63, 3.8) is 0 Å². The molecule has 1 aliphatic rings. The number of amides is 1. The van der Waals surface area contributed by atoms with Crippen LogP contribution in [0.2, 0.25) is 0 Å². The van der Waals surface area contributed by atoms with E-state index < -0.39 is 0 Å². The summed E-state index contributed by atoms with van der Waals surface area (Å²) >= 11 is 1.73. The number of rotatable bonds is 8. The lowest BCUT2D eigenvalue weighted by atomic mass is 10.0. The summed E-state index contributed by atoms with van der Waals surface area (Å²) in [6.07, 6.45) is 11.1. The summed E-state index contributed by atoms with van der Waals surface area (Å²) in [7, 11) is 0. The Labute approximate surface area is 227 Å². The van der Waals surface area contributed by atoms with Crippen molar-refractivity contribution in [1.82, 2.24) is 25.3 Å². The van der Waals surface area contributed by atoms with Gasteiger partial charge in [0.25, 0.3) is 0 Å². The first kappa shape index (κ1) is 27.1. The highest BCUT2D eigenvalue weighted by atomic mass is 32.1. The predicted molar refractivity (Wildman–Crippen MR) is 153 cm³/mol. The molecule has 3 aromatic heterocycles. The standard InChI is InChI=1S/C27H26N6O2S.C2H6/c1-18-21(6-9-28-17-34)12-24(22-13-29-16-30-14-22)32-26(18)31-23-4-2-19(3-5-23)25-15-36-27(33-25)20-7-10-35-11-8-20;1-2/h2-6,9,12-17,20H,7-8,10-11H2,1H3,(H,28,34)(H,31,32);1-2H3/b9-6-;. The van der Waals surface area contributed by atoms with Crippen molar-refractivity contribution < 1.29 is 9.53 Å². The van der Waals surface area contributed by atoms with Crippen LogP contribution in [0, 0.1) is 6.92 Å². The monoisotopic (exact) mass is 528 g/mol. The van der Waals surface area contributed by atoms with Gasteiger partial charge in [-0.1, -0.05) is 26.0 Å². The molecule has 1 aromatic carbocycles. The number of carbonyl (C=O) groups is 1. The van der Waals surface area contributed by atoms with Crippen molar-refractivity contribution in [2.24, 2.45) is 0 Å². The van der Waals surface area contributed by atoms with Crippen LogP contribution in [0.25, 0.3) is 28.6 Å². The maximum absolute atomic E-state index is 10.7. The lowest BCUT2D eigenvalue weighted by molar-refractivity contribution is -0.108. The van der Waals surface area contributed by atoms with E-state index in [2.05, 4.69) is 38.1 Å². The smallest absolute Gasteiger partial charge is 0.211 e. The third kappa shape index (κ3) is 6.67. The summed E-state index contributed by atoms with van der Waals surface area (Å²) in [5.41, 5.74) is 6.40. The summed E-state index contributed by atoms with van der Waals surface area (Å²) in [4.78, 5) is 28.6. The van der Waals surface area contributed by atoms with E-state index in [0.29, 0.717) is 18.1 Å². The maximum Gasteiger partial charge on any atom is 0.211 e. The van der Waals surface area contributed by atoms with Crippen LogP contribution < -0.4 is 10.6 Å². The molecule has 1 aliphatic heterocycles. The molecule has 38 heavy (non-hydrogen) atoms. The van der Waals surface area contributed by atoms with E-state index in [1.54, 1.807) is 29.9 Å². The summed E-state index contributed by atoms with van der Waals surface area (Å²) < 4.78 is 5.49. The minimum absolute atomic E-state index is 0.500. The number of carbonyl (C=O) groups excluding carboxylic acids is 1. The fourth-order valence-electron chi connectivity index (χ4n) is 4.09. The second-order valence-corrected chi connectivity index (χ2v) is 9.36. The zero-order valence-electron chi connectivity index (χ0n) is 21.8. The molecule has 4 aromatic rings. The number of hydrogen-bond donors (Lipinski definition) is 2. The van der Waals surface area contributed by atoms with E-state index in [9.17, 15) is 4.79 Å². The molecule has 0 unspecified atom stereocenters. The number of aromatic nitrogens is 4. The van der Waals surface area contributed by atoms with Crippen molar-refractivity contribution in [3.05, 3.63) is 76.8 Å². The second kappa shape index (κ2) is 13.6. The van der Waals surface area contributed by atoms with E-state index in [0.717, 1.165) is 65.4 Å². The first-order chi connectivity index (χ1) is 18.7. The Bertz CT molecular complexity index is 1350. The first-order valence-electron chi connectivity index (χ1n) is 12.7. The van der Waals surface area contributed by atoms with Crippen LogP contribution in [0.5, 0.6) is 0 Å². The topological polar surface area (TPSA) is 102 Å². The molecule has 0 saturated carbocycles. The molecule has 196 valence electrons. The number of nitrogens with one attached hydrogen (secondary N) is 2. The van der Waals surface area contributed by atoms with Gasteiger partial charge in [0.05, 0.1) is 16.4 Å². The molecule has 1 amide bonds. The normalized spacial score (nSPS) is 13.6. The molecule has 0 bridgehead atoms. The molecule has 1 saturated heterocycles. The van der Waals surface area contributed by atoms with Gasteiger partial charge < -0.3 is 15.4 Å². The average Bonchev–Trinajstić information content (AvgIpc) is 3.48. The minimum atomic E-state index is 0.500. The van der Waals surface area contributed by atoms with E-state index in [1.807, 2.05) is 45.0 Å². The van der Waals surface area contributed by atoms with Gasteiger partial charge >= 0.3 is 0 Å². The van der Waals surface area contributed by atoms with Crippen LogP contribution >= 0.6 is 11.3 Å². The molecular weight excluding hydrogens is 496 g/mol. The van der Waals surface area contributed by atoms with Crippen LogP contribution in [0.15, 0.2) is 60.6 Å². The summed E-state index contributed by atoms with van der Waals surface area (Å²) in [5.74, 6) is 1.21. The third-order valence-corrected chi connectivity index (χ3v) is 7.14. The molecule has 1 fully saturated rings. The van der Waals surface area contributed by atoms with E-state index in [1.165, 1.54) is 11.3 Å². The summed E-state index contributed by atoms with van der Waals surface area (Å²) in [6, 6.07) is 10.2.